The molecule has 5 heteroatoms. The summed E-state index contributed by atoms with van der Waals surface area (Å²) in [6.07, 6.45) is 2.86. The molecule has 0 amide bonds. The summed E-state index contributed by atoms with van der Waals surface area (Å²) < 4.78 is 1.97. The number of hydrogen-bond donors (Lipinski definition) is 1. The third-order valence-electron chi connectivity index (χ3n) is 2.49. The smallest absolute Gasteiger partial charge is 0.223 e. The Morgan fingerprint density at radius 3 is 2.88 bits per heavy atom. The van der Waals surface area contributed by atoms with Crippen LogP contribution in [-0.4, -0.2) is 26.8 Å². The number of rotatable bonds is 4. The summed E-state index contributed by atoms with van der Waals surface area (Å²) in [5, 5.41) is 7.27. The van der Waals surface area contributed by atoms with Gasteiger partial charge in [0.15, 0.2) is 0 Å². The van der Waals surface area contributed by atoms with Gasteiger partial charge in [-0.3, -0.25) is 4.68 Å². The Morgan fingerprint density at radius 1 is 1.35 bits per heavy atom. The van der Waals surface area contributed by atoms with Gasteiger partial charge in [-0.1, -0.05) is 6.92 Å². The highest BCUT2D eigenvalue weighted by atomic mass is 15.3. The first kappa shape index (κ1) is 11.6. The zero-order chi connectivity index (χ0) is 12.3. The molecule has 0 bridgehead atoms. The monoisotopic (exact) mass is 231 g/mol. The van der Waals surface area contributed by atoms with Gasteiger partial charge in [-0.2, -0.15) is 5.10 Å². The lowest BCUT2D eigenvalue weighted by Crippen LogP contribution is -2.04. The van der Waals surface area contributed by atoms with Crippen LogP contribution in [0.25, 0.3) is 11.4 Å². The van der Waals surface area contributed by atoms with Crippen LogP contribution in [0.3, 0.4) is 0 Å². The fourth-order valence-corrected chi connectivity index (χ4v) is 1.75. The highest BCUT2D eigenvalue weighted by Gasteiger charge is 2.08. The van der Waals surface area contributed by atoms with E-state index in [0.29, 0.717) is 5.95 Å². The second-order valence-electron chi connectivity index (χ2n) is 3.91. The Bertz CT molecular complexity index is 503. The maximum absolute atomic E-state index is 4.45. The van der Waals surface area contributed by atoms with Crippen molar-refractivity contribution >= 4 is 5.95 Å². The van der Waals surface area contributed by atoms with Crippen LogP contribution in [0.4, 0.5) is 5.95 Å². The quantitative estimate of drug-likeness (QED) is 0.875. The van der Waals surface area contributed by atoms with Crippen LogP contribution < -0.4 is 5.32 Å². The SMILES string of the molecule is CCCn1nccc1-c1cc(C)nc(NC)n1. The minimum absolute atomic E-state index is 0.643. The van der Waals surface area contributed by atoms with Crippen molar-refractivity contribution in [1.82, 2.24) is 19.7 Å². The fourth-order valence-electron chi connectivity index (χ4n) is 1.75. The third kappa shape index (κ3) is 2.43. The minimum atomic E-state index is 0.643. The van der Waals surface area contributed by atoms with E-state index in [1.807, 2.05) is 37.0 Å². The van der Waals surface area contributed by atoms with E-state index >= 15 is 0 Å². The normalized spacial score (nSPS) is 10.5. The van der Waals surface area contributed by atoms with Crippen molar-refractivity contribution in [2.45, 2.75) is 26.8 Å². The summed E-state index contributed by atoms with van der Waals surface area (Å²) in [5.74, 6) is 0.643. The van der Waals surface area contributed by atoms with Gasteiger partial charge in [-0.05, 0) is 25.5 Å². The van der Waals surface area contributed by atoms with Crippen LogP contribution in [0.5, 0.6) is 0 Å². The molecule has 0 atom stereocenters. The molecule has 5 nitrogen and oxygen atoms in total. The van der Waals surface area contributed by atoms with Gasteiger partial charge in [0.2, 0.25) is 5.95 Å². The van der Waals surface area contributed by atoms with E-state index in [1.165, 1.54) is 0 Å². The number of nitrogens with zero attached hydrogens (tertiary/aromatic N) is 4. The van der Waals surface area contributed by atoms with Crippen molar-refractivity contribution in [3.05, 3.63) is 24.0 Å². The number of nitrogens with one attached hydrogen (secondary N) is 1. The van der Waals surface area contributed by atoms with Crippen molar-refractivity contribution in [3.8, 4) is 11.4 Å². The van der Waals surface area contributed by atoms with Crippen LogP contribution in [-0.2, 0) is 6.54 Å². The van der Waals surface area contributed by atoms with Crippen molar-refractivity contribution in [1.29, 1.82) is 0 Å². The van der Waals surface area contributed by atoms with Crippen molar-refractivity contribution in [2.24, 2.45) is 0 Å². The Hall–Kier alpha value is -1.91. The van der Waals surface area contributed by atoms with Crippen molar-refractivity contribution < 1.29 is 0 Å². The molecule has 1 N–H and O–H groups in total. The molecular formula is C12H17N5. The molecule has 0 saturated heterocycles. The molecule has 0 unspecified atom stereocenters. The first-order chi connectivity index (χ1) is 8.24. The summed E-state index contributed by atoms with van der Waals surface area (Å²) in [5.41, 5.74) is 2.89. The fraction of sp³-hybridized carbons (Fsp3) is 0.417. The van der Waals surface area contributed by atoms with Crippen molar-refractivity contribution in [2.75, 3.05) is 12.4 Å². The van der Waals surface area contributed by atoms with E-state index in [-0.39, 0.29) is 0 Å². The number of hydrogen-bond acceptors (Lipinski definition) is 4. The Kier molecular flexibility index (Phi) is 3.37. The van der Waals surface area contributed by atoms with Gasteiger partial charge < -0.3 is 5.32 Å². The molecule has 0 aliphatic rings. The molecule has 0 fully saturated rings. The number of anilines is 1. The molecule has 2 rings (SSSR count). The third-order valence-corrected chi connectivity index (χ3v) is 2.49. The first-order valence-electron chi connectivity index (χ1n) is 5.80. The lowest BCUT2D eigenvalue weighted by Gasteiger charge is -2.07. The summed E-state index contributed by atoms with van der Waals surface area (Å²) >= 11 is 0. The average Bonchev–Trinajstić information content (AvgIpc) is 2.77. The zero-order valence-corrected chi connectivity index (χ0v) is 10.4. The predicted octanol–water partition coefficient (Wildman–Crippen LogP) is 2.10. The maximum atomic E-state index is 4.45. The largest absolute Gasteiger partial charge is 0.357 e. The molecule has 0 aliphatic carbocycles. The molecule has 2 aromatic heterocycles. The van der Waals surface area contributed by atoms with Gasteiger partial charge in [0.25, 0.3) is 0 Å². The first-order valence-corrected chi connectivity index (χ1v) is 5.80. The molecule has 90 valence electrons. The molecule has 0 aliphatic heterocycles. The summed E-state index contributed by atoms with van der Waals surface area (Å²) in [7, 11) is 1.82. The van der Waals surface area contributed by atoms with E-state index < -0.39 is 0 Å². The Labute approximate surface area is 101 Å². The molecule has 0 radical (unpaired) electrons. The van der Waals surface area contributed by atoms with E-state index in [9.17, 15) is 0 Å². The van der Waals surface area contributed by atoms with Gasteiger partial charge in [0.05, 0.1) is 11.4 Å². The number of aromatic nitrogens is 4. The van der Waals surface area contributed by atoms with E-state index in [0.717, 1.165) is 30.0 Å². The Morgan fingerprint density at radius 2 is 2.18 bits per heavy atom. The van der Waals surface area contributed by atoms with Gasteiger partial charge in [0, 0.05) is 25.5 Å². The summed E-state index contributed by atoms with van der Waals surface area (Å²) in [6, 6.07) is 3.96. The maximum Gasteiger partial charge on any atom is 0.223 e. The second kappa shape index (κ2) is 4.95. The van der Waals surface area contributed by atoms with Crippen LogP contribution >= 0.6 is 0 Å². The molecule has 2 aromatic rings. The zero-order valence-electron chi connectivity index (χ0n) is 10.4. The standard InChI is InChI=1S/C12H17N5/c1-4-7-17-11(5-6-14-17)10-8-9(2)15-12(13-3)16-10/h5-6,8H,4,7H2,1-3H3,(H,13,15,16). The van der Waals surface area contributed by atoms with Gasteiger partial charge in [0.1, 0.15) is 0 Å². The predicted molar refractivity (Wildman–Crippen MR) is 67.8 cm³/mol. The van der Waals surface area contributed by atoms with Crippen LogP contribution in [0.15, 0.2) is 18.3 Å². The molecule has 17 heavy (non-hydrogen) atoms. The lowest BCUT2D eigenvalue weighted by atomic mass is 10.2. The average molecular weight is 231 g/mol. The molecule has 0 aromatic carbocycles. The Balaban J connectivity index is 2.44. The second-order valence-corrected chi connectivity index (χ2v) is 3.91. The number of aryl methyl sites for hydroxylation is 2. The van der Waals surface area contributed by atoms with Crippen LogP contribution in [0, 0.1) is 6.92 Å². The molecule has 2 heterocycles. The van der Waals surface area contributed by atoms with Gasteiger partial charge in [-0.15, -0.1) is 0 Å². The molecule has 0 spiro atoms. The minimum Gasteiger partial charge on any atom is -0.357 e. The molecule has 0 saturated carbocycles. The van der Waals surface area contributed by atoms with Crippen molar-refractivity contribution in [3.63, 3.8) is 0 Å². The van der Waals surface area contributed by atoms with Crippen LogP contribution in [0.1, 0.15) is 19.0 Å². The van der Waals surface area contributed by atoms with E-state index in [2.05, 4.69) is 27.3 Å². The van der Waals surface area contributed by atoms with Crippen LogP contribution in [0.2, 0.25) is 0 Å². The topological polar surface area (TPSA) is 55.6 Å². The summed E-state index contributed by atoms with van der Waals surface area (Å²) in [4.78, 5) is 8.74. The molecular weight excluding hydrogens is 214 g/mol. The van der Waals surface area contributed by atoms with E-state index in [1.54, 1.807) is 0 Å². The highest BCUT2D eigenvalue weighted by Crippen LogP contribution is 2.19. The van der Waals surface area contributed by atoms with E-state index in [4.69, 9.17) is 0 Å². The van der Waals surface area contributed by atoms with Gasteiger partial charge in [-0.25, -0.2) is 9.97 Å². The van der Waals surface area contributed by atoms with Gasteiger partial charge >= 0.3 is 0 Å². The highest BCUT2D eigenvalue weighted by molar-refractivity contribution is 5.56. The summed E-state index contributed by atoms with van der Waals surface area (Å²) in [6.45, 7) is 5.00. The lowest BCUT2D eigenvalue weighted by molar-refractivity contribution is 0.608.